The van der Waals surface area contributed by atoms with Gasteiger partial charge < -0.3 is 9.47 Å². The van der Waals surface area contributed by atoms with Crippen molar-refractivity contribution >= 4 is 0 Å². The van der Waals surface area contributed by atoms with Gasteiger partial charge in [0.15, 0.2) is 0 Å². The minimum absolute atomic E-state index is 0.295. The molecule has 0 radical (unpaired) electrons. The van der Waals surface area contributed by atoms with Crippen LogP contribution in [0.25, 0.3) is 0 Å². The van der Waals surface area contributed by atoms with Crippen molar-refractivity contribution < 1.29 is 9.47 Å². The molecule has 1 atom stereocenters. The van der Waals surface area contributed by atoms with Gasteiger partial charge in [-0.05, 0) is 18.4 Å². The highest BCUT2D eigenvalue weighted by Crippen LogP contribution is 2.12. The van der Waals surface area contributed by atoms with E-state index in [1.807, 2.05) is 18.2 Å². The molecular weight excluding hydrogens is 176 g/mol. The van der Waals surface area contributed by atoms with E-state index in [2.05, 4.69) is 12.1 Å². The molecule has 2 heteroatoms. The van der Waals surface area contributed by atoms with Gasteiger partial charge in [-0.1, -0.05) is 30.3 Å². The lowest BCUT2D eigenvalue weighted by Crippen LogP contribution is -2.25. The number of ether oxygens (including phenoxy) is 2. The molecule has 14 heavy (non-hydrogen) atoms. The van der Waals surface area contributed by atoms with Gasteiger partial charge in [0.25, 0.3) is 0 Å². The van der Waals surface area contributed by atoms with Crippen molar-refractivity contribution in [1.29, 1.82) is 0 Å². The molecule has 1 aliphatic rings. The summed E-state index contributed by atoms with van der Waals surface area (Å²) in [5, 5.41) is 0. The van der Waals surface area contributed by atoms with E-state index in [0.717, 1.165) is 26.1 Å². The average molecular weight is 192 g/mol. The van der Waals surface area contributed by atoms with Crippen LogP contribution in [0.3, 0.4) is 0 Å². The van der Waals surface area contributed by atoms with Crippen LogP contribution in [-0.4, -0.2) is 19.3 Å². The van der Waals surface area contributed by atoms with Crippen LogP contribution in [0.4, 0.5) is 0 Å². The topological polar surface area (TPSA) is 18.5 Å². The van der Waals surface area contributed by atoms with E-state index in [4.69, 9.17) is 9.47 Å². The summed E-state index contributed by atoms with van der Waals surface area (Å²) in [6, 6.07) is 10.3. The monoisotopic (exact) mass is 192 g/mol. The van der Waals surface area contributed by atoms with E-state index in [9.17, 15) is 0 Å². The second-order valence-corrected chi connectivity index (χ2v) is 3.64. The van der Waals surface area contributed by atoms with Crippen LogP contribution in [-0.2, 0) is 16.1 Å². The summed E-state index contributed by atoms with van der Waals surface area (Å²) in [7, 11) is 0. The van der Waals surface area contributed by atoms with Crippen molar-refractivity contribution in [2.24, 2.45) is 0 Å². The maximum atomic E-state index is 5.74. The number of benzene rings is 1. The van der Waals surface area contributed by atoms with Crippen molar-refractivity contribution in [2.45, 2.75) is 25.6 Å². The predicted octanol–water partition coefficient (Wildman–Crippen LogP) is 2.38. The van der Waals surface area contributed by atoms with E-state index >= 15 is 0 Å². The molecule has 1 aliphatic heterocycles. The molecule has 76 valence electrons. The van der Waals surface area contributed by atoms with E-state index in [0.29, 0.717) is 12.7 Å². The van der Waals surface area contributed by atoms with Crippen LogP contribution in [0.2, 0.25) is 0 Å². The Bertz CT molecular complexity index is 252. The van der Waals surface area contributed by atoms with E-state index in [-0.39, 0.29) is 0 Å². The molecule has 1 saturated heterocycles. The average Bonchev–Trinajstić information content (AvgIpc) is 2.29. The smallest absolute Gasteiger partial charge is 0.0813 e. The lowest BCUT2D eigenvalue weighted by Gasteiger charge is -2.22. The molecule has 0 amide bonds. The molecule has 2 nitrogen and oxygen atoms in total. The molecule has 0 unspecified atom stereocenters. The Morgan fingerprint density at radius 1 is 1.29 bits per heavy atom. The maximum absolute atomic E-state index is 5.74. The van der Waals surface area contributed by atoms with Crippen molar-refractivity contribution in [1.82, 2.24) is 0 Å². The molecular formula is C12H16O2. The van der Waals surface area contributed by atoms with Crippen molar-refractivity contribution in [2.75, 3.05) is 13.2 Å². The van der Waals surface area contributed by atoms with Crippen LogP contribution >= 0.6 is 0 Å². The third-order valence-electron chi connectivity index (χ3n) is 2.45. The number of hydrogen-bond acceptors (Lipinski definition) is 2. The Balaban J connectivity index is 1.76. The molecule has 1 fully saturated rings. The summed E-state index contributed by atoms with van der Waals surface area (Å²) in [4.78, 5) is 0. The predicted molar refractivity (Wildman–Crippen MR) is 55.1 cm³/mol. The standard InChI is InChI=1S/C12H16O2/c1-2-5-11(6-3-1)9-14-12-7-4-8-13-10-12/h1-3,5-6,12H,4,7-10H2/t12-/m0/s1. The Morgan fingerprint density at radius 3 is 2.86 bits per heavy atom. The first-order chi connectivity index (χ1) is 6.95. The van der Waals surface area contributed by atoms with Gasteiger partial charge in [-0.2, -0.15) is 0 Å². The zero-order chi connectivity index (χ0) is 9.64. The Kier molecular flexibility index (Phi) is 3.55. The Morgan fingerprint density at radius 2 is 2.14 bits per heavy atom. The SMILES string of the molecule is c1ccc(CO[C@H]2CCCOC2)cc1. The normalized spacial score (nSPS) is 22.1. The first-order valence-corrected chi connectivity index (χ1v) is 5.18. The van der Waals surface area contributed by atoms with Gasteiger partial charge >= 0.3 is 0 Å². The minimum Gasteiger partial charge on any atom is -0.379 e. The van der Waals surface area contributed by atoms with Crippen LogP contribution < -0.4 is 0 Å². The van der Waals surface area contributed by atoms with Crippen LogP contribution in [0.5, 0.6) is 0 Å². The zero-order valence-corrected chi connectivity index (χ0v) is 8.32. The third-order valence-corrected chi connectivity index (χ3v) is 2.45. The van der Waals surface area contributed by atoms with Crippen molar-refractivity contribution in [3.05, 3.63) is 35.9 Å². The highest BCUT2D eigenvalue weighted by Gasteiger charge is 2.13. The lowest BCUT2D eigenvalue weighted by molar-refractivity contribution is -0.0568. The van der Waals surface area contributed by atoms with Crippen LogP contribution in [0.1, 0.15) is 18.4 Å². The van der Waals surface area contributed by atoms with Gasteiger partial charge in [0.1, 0.15) is 0 Å². The zero-order valence-electron chi connectivity index (χ0n) is 8.32. The molecule has 0 spiro atoms. The fraction of sp³-hybridized carbons (Fsp3) is 0.500. The summed E-state index contributed by atoms with van der Waals surface area (Å²) < 4.78 is 11.1. The molecule has 0 N–H and O–H groups in total. The van der Waals surface area contributed by atoms with Gasteiger partial charge in [-0.3, -0.25) is 0 Å². The van der Waals surface area contributed by atoms with Crippen molar-refractivity contribution in [3.8, 4) is 0 Å². The fourth-order valence-electron chi connectivity index (χ4n) is 1.63. The summed E-state index contributed by atoms with van der Waals surface area (Å²) in [6.45, 7) is 2.35. The summed E-state index contributed by atoms with van der Waals surface area (Å²) in [5.41, 5.74) is 1.23. The molecule has 0 saturated carbocycles. The van der Waals surface area contributed by atoms with Crippen molar-refractivity contribution in [3.63, 3.8) is 0 Å². The molecule has 0 aromatic heterocycles. The van der Waals surface area contributed by atoms with Crippen LogP contribution in [0.15, 0.2) is 30.3 Å². The molecule has 1 heterocycles. The van der Waals surface area contributed by atoms with E-state index in [1.54, 1.807) is 0 Å². The third kappa shape index (κ3) is 2.82. The number of hydrogen-bond donors (Lipinski definition) is 0. The highest BCUT2D eigenvalue weighted by atomic mass is 16.5. The summed E-state index contributed by atoms with van der Waals surface area (Å²) in [5.74, 6) is 0. The second kappa shape index (κ2) is 5.13. The minimum atomic E-state index is 0.295. The number of rotatable bonds is 3. The second-order valence-electron chi connectivity index (χ2n) is 3.64. The van der Waals surface area contributed by atoms with Crippen LogP contribution in [0, 0.1) is 0 Å². The Hall–Kier alpha value is -0.860. The summed E-state index contributed by atoms with van der Waals surface area (Å²) in [6.07, 6.45) is 2.55. The van der Waals surface area contributed by atoms with E-state index < -0.39 is 0 Å². The van der Waals surface area contributed by atoms with Gasteiger partial charge in [0, 0.05) is 6.61 Å². The highest BCUT2D eigenvalue weighted by molar-refractivity contribution is 5.13. The first-order valence-electron chi connectivity index (χ1n) is 5.18. The molecule has 2 rings (SSSR count). The molecule has 1 aromatic rings. The first kappa shape index (κ1) is 9.69. The fourth-order valence-corrected chi connectivity index (χ4v) is 1.63. The molecule has 1 aromatic carbocycles. The van der Waals surface area contributed by atoms with Gasteiger partial charge in [-0.15, -0.1) is 0 Å². The van der Waals surface area contributed by atoms with Gasteiger partial charge in [0.2, 0.25) is 0 Å². The van der Waals surface area contributed by atoms with Gasteiger partial charge in [0.05, 0.1) is 19.3 Å². The summed E-state index contributed by atoms with van der Waals surface area (Å²) >= 11 is 0. The quantitative estimate of drug-likeness (QED) is 0.732. The van der Waals surface area contributed by atoms with E-state index in [1.165, 1.54) is 5.56 Å². The lowest BCUT2D eigenvalue weighted by atomic mass is 10.2. The molecule has 0 bridgehead atoms. The Labute approximate surface area is 84.8 Å². The molecule has 0 aliphatic carbocycles. The maximum Gasteiger partial charge on any atom is 0.0813 e. The van der Waals surface area contributed by atoms with Gasteiger partial charge in [-0.25, -0.2) is 0 Å². The largest absolute Gasteiger partial charge is 0.379 e.